The molecule has 0 spiro atoms. The van der Waals surface area contributed by atoms with Gasteiger partial charge in [-0.05, 0) is 19.0 Å². The molecule has 8 nitrogen and oxygen atoms in total. The van der Waals surface area contributed by atoms with Gasteiger partial charge in [-0.3, -0.25) is 0 Å². The van der Waals surface area contributed by atoms with Gasteiger partial charge in [0.25, 0.3) is 0 Å². The highest BCUT2D eigenvalue weighted by Crippen LogP contribution is 2.31. The average Bonchev–Trinajstić information content (AvgIpc) is 2.91. The van der Waals surface area contributed by atoms with Crippen LogP contribution in [0.25, 0.3) is 5.57 Å². The highest BCUT2D eigenvalue weighted by molar-refractivity contribution is 7.13. The molecule has 0 fully saturated rings. The Morgan fingerprint density at radius 1 is 1.35 bits per heavy atom. The van der Waals surface area contributed by atoms with Crippen molar-refractivity contribution in [3.05, 3.63) is 16.0 Å². The van der Waals surface area contributed by atoms with E-state index in [2.05, 4.69) is 23.0 Å². The lowest BCUT2D eigenvalue weighted by Crippen LogP contribution is -2.24. The molecule has 1 aliphatic rings. The van der Waals surface area contributed by atoms with Crippen LogP contribution in [0.2, 0.25) is 0 Å². The Bertz CT molecular complexity index is 572. The van der Waals surface area contributed by atoms with Crippen LogP contribution in [-0.4, -0.2) is 66.4 Å². The third-order valence-electron chi connectivity index (χ3n) is 2.93. The number of aromatic nitrogens is 1. The highest BCUT2D eigenvalue weighted by Gasteiger charge is 2.17. The molecule has 1 aromatic heterocycles. The fourth-order valence-corrected chi connectivity index (χ4v) is 2.94. The maximum absolute atomic E-state index is 9.10. The SMILES string of the molecule is COCc1sc(C2=CCCN(C)C2)nc1OC.O=C(O)C(=O)O. The van der Waals surface area contributed by atoms with Crippen LogP contribution in [0, 0.1) is 0 Å². The van der Waals surface area contributed by atoms with E-state index in [1.54, 1.807) is 25.6 Å². The molecule has 0 bridgehead atoms. The zero-order valence-corrected chi connectivity index (χ0v) is 14.1. The fourth-order valence-electron chi connectivity index (χ4n) is 1.91. The van der Waals surface area contributed by atoms with Crippen molar-refractivity contribution in [2.75, 3.05) is 34.4 Å². The summed E-state index contributed by atoms with van der Waals surface area (Å²) in [7, 11) is 5.47. The molecule has 2 rings (SSSR count). The molecule has 0 unspecified atom stereocenters. The minimum absolute atomic E-state index is 0.559. The lowest BCUT2D eigenvalue weighted by Gasteiger charge is -2.21. The predicted octanol–water partition coefficient (Wildman–Crippen LogP) is 1.17. The summed E-state index contributed by atoms with van der Waals surface area (Å²) < 4.78 is 10.4. The van der Waals surface area contributed by atoms with Crippen molar-refractivity contribution >= 4 is 28.8 Å². The number of thiazole rings is 1. The summed E-state index contributed by atoms with van der Waals surface area (Å²) >= 11 is 1.66. The van der Waals surface area contributed by atoms with Crippen LogP contribution >= 0.6 is 11.3 Å². The van der Waals surface area contributed by atoms with E-state index in [0.29, 0.717) is 12.5 Å². The molecule has 1 aliphatic heterocycles. The monoisotopic (exact) mass is 344 g/mol. The number of ether oxygens (including phenoxy) is 2. The van der Waals surface area contributed by atoms with E-state index in [4.69, 9.17) is 29.3 Å². The molecule has 0 aromatic carbocycles. The Morgan fingerprint density at radius 2 is 2.00 bits per heavy atom. The summed E-state index contributed by atoms with van der Waals surface area (Å²) in [5, 5.41) is 15.8. The van der Waals surface area contributed by atoms with Crippen LogP contribution < -0.4 is 4.74 Å². The summed E-state index contributed by atoms with van der Waals surface area (Å²) in [5.41, 5.74) is 1.30. The van der Waals surface area contributed by atoms with Crippen molar-refractivity contribution in [3.8, 4) is 5.88 Å². The molecule has 9 heteroatoms. The van der Waals surface area contributed by atoms with Crippen molar-refractivity contribution < 1.29 is 29.3 Å². The first-order chi connectivity index (χ1) is 10.9. The van der Waals surface area contributed by atoms with Gasteiger partial charge >= 0.3 is 11.9 Å². The number of methoxy groups -OCH3 is 2. The van der Waals surface area contributed by atoms with Gasteiger partial charge in [0.05, 0.1) is 18.6 Å². The van der Waals surface area contributed by atoms with Crippen molar-refractivity contribution in [3.63, 3.8) is 0 Å². The molecule has 0 radical (unpaired) electrons. The number of likely N-dealkylation sites (N-methyl/N-ethyl adjacent to an activating group) is 1. The number of carboxylic acids is 2. The van der Waals surface area contributed by atoms with Crippen molar-refractivity contribution in [1.29, 1.82) is 0 Å². The largest absolute Gasteiger partial charge is 0.480 e. The number of nitrogens with zero attached hydrogens (tertiary/aromatic N) is 2. The van der Waals surface area contributed by atoms with Crippen LogP contribution in [-0.2, 0) is 20.9 Å². The molecule has 23 heavy (non-hydrogen) atoms. The first kappa shape index (κ1) is 19.1. The van der Waals surface area contributed by atoms with Crippen molar-refractivity contribution in [2.24, 2.45) is 0 Å². The summed E-state index contributed by atoms with van der Waals surface area (Å²) in [6, 6.07) is 0. The number of hydrogen-bond donors (Lipinski definition) is 2. The topological polar surface area (TPSA) is 109 Å². The normalized spacial score (nSPS) is 14.5. The number of aliphatic carboxylic acids is 2. The van der Waals surface area contributed by atoms with E-state index < -0.39 is 11.9 Å². The molecule has 0 saturated heterocycles. The first-order valence-electron chi connectivity index (χ1n) is 6.75. The molecule has 2 heterocycles. The van der Waals surface area contributed by atoms with Gasteiger partial charge in [-0.25, -0.2) is 14.6 Å². The zero-order chi connectivity index (χ0) is 17.4. The third-order valence-corrected chi connectivity index (χ3v) is 4.02. The molecule has 0 amide bonds. The summed E-state index contributed by atoms with van der Waals surface area (Å²) in [4.78, 5) is 26.1. The summed E-state index contributed by atoms with van der Waals surface area (Å²) in [6.45, 7) is 2.64. The van der Waals surface area contributed by atoms with E-state index in [0.717, 1.165) is 29.4 Å². The van der Waals surface area contributed by atoms with E-state index in [-0.39, 0.29) is 0 Å². The molecule has 0 atom stereocenters. The van der Waals surface area contributed by atoms with Crippen molar-refractivity contribution in [2.45, 2.75) is 13.0 Å². The van der Waals surface area contributed by atoms with Gasteiger partial charge in [-0.15, -0.1) is 11.3 Å². The van der Waals surface area contributed by atoms with Gasteiger partial charge < -0.3 is 24.6 Å². The van der Waals surface area contributed by atoms with Gasteiger partial charge in [0.1, 0.15) is 5.01 Å². The first-order valence-corrected chi connectivity index (χ1v) is 7.57. The van der Waals surface area contributed by atoms with Crippen LogP contribution in [0.5, 0.6) is 5.88 Å². The molecule has 0 saturated carbocycles. The maximum atomic E-state index is 9.10. The quantitative estimate of drug-likeness (QED) is 0.784. The molecule has 0 aliphatic carbocycles. The number of carboxylic acid groups (broad SMARTS) is 2. The maximum Gasteiger partial charge on any atom is 0.414 e. The second-order valence-electron chi connectivity index (χ2n) is 4.75. The van der Waals surface area contributed by atoms with E-state index >= 15 is 0 Å². The van der Waals surface area contributed by atoms with Crippen LogP contribution in [0.15, 0.2) is 6.08 Å². The van der Waals surface area contributed by atoms with E-state index in [1.165, 1.54) is 5.57 Å². The molecular formula is C14H20N2O6S. The molecule has 1 aromatic rings. The van der Waals surface area contributed by atoms with Crippen molar-refractivity contribution in [1.82, 2.24) is 9.88 Å². The average molecular weight is 344 g/mol. The summed E-state index contributed by atoms with van der Waals surface area (Å²) in [5.74, 6) is -2.95. The Morgan fingerprint density at radius 3 is 2.48 bits per heavy atom. The fraction of sp³-hybridized carbons (Fsp3) is 0.500. The van der Waals surface area contributed by atoms with E-state index in [9.17, 15) is 0 Å². The van der Waals surface area contributed by atoms with Gasteiger partial charge in [0, 0.05) is 20.2 Å². The molecule has 128 valence electrons. The van der Waals surface area contributed by atoms with Gasteiger partial charge in [0.15, 0.2) is 0 Å². The van der Waals surface area contributed by atoms with Crippen LogP contribution in [0.1, 0.15) is 16.3 Å². The number of hydrogen-bond acceptors (Lipinski definition) is 7. The predicted molar refractivity (Wildman–Crippen MR) is 84.7 cm³/mol. The third kappa shape index (κ3) is 5.97. The minimum atomic E-state index is -1.82. The van der Waals surface area contributed by atoms with Gasteiger partial charge in [-0.2, -0.15) is 0 Å². The minimum Gasteiger partial charge on any atom is -0.480 e. The molecular weight excluding hydrogens is 324 g/mol. The number of carbonyl (C=O) groups is 2. The lowest BCUT2D eigenvalue weighted by atomic mass is 10.1. The Labute approximate surface area is 138 Å². The molecule has 2 N–H and O–H groups in total. The van der Waals surface area contributed by atoms with Crippen LogP contribution in [0.4, 0.5) is 0 Å². The Kier molecular flexibility index (Phi) is 7.66. The standard InChI is InChI=1S/C12H18N2O2S.C2H2O4/c1-14-6-4-5-9(7-14)12-13-11(16-3)10(17-12)8-15-2;3-1(4)2(5)6/h5H,4,6-8H2,1-3H3;(H,3,4)(H,5,6). The second-order valence-corrected chi connectivity index (χ2v) is 5.83. The second kappa shape index (κ2) is 9.23. The highest BCUT2D eigenvalue weighted by atomic mass is 32.1. The van der Waals surface area contributed by atoms with Gasteiger partial charge in [0.2, 0.25) is 5.88 Å². The van der Waals surface area contributed by atoms with E-state index in [1.807, 2.05) is 0 Å². The Balaban J connectivity index is 0.000000379. The smallest absolute Gasteiger partial charge is 0.414 e. The van der Waals surface area contributed by atoms with Gasteiger partial charge in [-0.1, -0.05) is 6.08 Å². The Hall–Kier alpha value is -1.97. The lowest BCUT2D eigenvalue weighted by molar-refractivity contribution is -0.159. The number of rotatable bonds is 4. The zero-order valence-electron chi connectivity index (χ0n) is 13.2. The van der Waals surface area contributed by atoms with Crippen LogP contribution in [0.3, 0.4) is 0 Å². The summed E-state index contributed by atoms with van der Waals surface area (Å²) in [6.07, 6.45) is 3.36.